The molecule has 116 valence electrons. The number of aryl methyl sites for hydroxylation is 3. The Balaban J connectivity index is 2.43. The molecule has 1 aromatic carbocycles. The highest BCUT2D eigenvalue weighted by Gasteiger charge is 2.19. The van der Waals surface area contributed by atoms with E-state index >= 15 is 0 Å². The van der Waals surface area contributed by atoms with Gasteiger partial charge in [0.15, 0.2) is 5.75 Å². The first-order valence-corrected chi connectivity index (χ1v) is 7.16. The maximum absolute atomic E-state index is 11.9. The zero-order chi connectivity index (χ0) is 16.0. The average Bonchev–Trinajstić information content (AvgIpc) is 2.81. The first kappa shape index (κ1) is 14.7. The Kier molecular flexibility index (Phi) is 3.45. The summed E-state index contributed by atoms with van der Waals surface area (Å²) in [7, 11) is 0. The minimum absolute atomic E-state index is 0.0638. The van der Waals surface area contributed by atoms with E-state index in [0.717, 1.165) is 21.9 Å². The van der Waals surface area contributed by atoms with Gasteiger partial charge in [0.1, 0.15) is 23.5 Å². The number of hydrogen-bond acceptors (Lipinski definition) is 5. The highest BCUT2D eigenvalue weighted by Crippen LogP contribution is 2.38. The second kappa shape index (κ2) is 5.18. The highest BCUT2D eigenvalue weighted by molar-refractivity contribution is 6.01. The highest BCUT2D eigenvalue weighted by atomic mass is 16.5. The molecule has 0 atom stereocenters. The number of ether oxygens (including phenoxy) is 1. The molecule has 2 aromatic heterocycles. The van der Waals surface area contributed by atoms with Crippen molar-refractivity contribution in [3.63, 3.8) is 0 Å². The summed E-state index contributed by atoms with van der Waals surface area (Å²) in [6.45, 7) is 7.47. The molecule has 0 saturated heterocycles. The molecule has 22 heavy (non-hydrogen) atoms. The summed E-state index contributed by atoms with van der Waals surface area (Å²) in [6.07, 6.45) is 0. The van der Waals surface area contributed by atoms with Crippen LogP contribution < -0.4 is 10.4 Å². The van der Waals surface area contributed by atoms with Gasteiger partial charge in [-0.1, -0.05) is 0 Å². The number of aliphatic hydroxyl groups is 1. The molecular formula is C17H18O5. The Hall–Kier alpha value is -2.27. The van der Waals surface area contributed by atoms with E-state index in [1.807, 2.05) is 26.8 Å². The van der Waals surface area contributed by atoms with Gasteiger partial charge in [-0.3, -0.25) is 0 Å². The maximum atomic E-state index is 11.9. The number of rotatable bonds is 3. The van der Waals surface area contributed by atoms with Crippen LogP contribution in [0.25, 0.3) is 21.9 Å². The number of furan rings is 1. The van der Waals surface area contributed by atoms with Crippen LogP contribution in [-0.2, 0) is 0 Å². The van der Waals surface area contributed by atoms with Crippen LogP contribution in [0.1, 0.15) is 22.5 Å². The van der Waals surface area contributed by atoms with E-state index in [1.165, 1.54) is 0 Å². The van der Waals surface area contributed by atoms with Crippen molar-refractivity contribution in [1.82, 2.24) is 0 Å². The quantitative estimate of drug-likeness (QED) is 0.752. The standard InChI is InChI=1S/C17H18O5/c1-8-9(2)17(19)22-14-10(3)15-13(7-12(8)14)16(11(4)21-15)20-6-5-18/h7,18H,5-6H2,1-4H3. The third-order valence-electron chi connectivity index (χ3n) is 4.08. The van der Waals surface area contributed by atoms with Gasteiger partial charge in [-0.25, -0.2) is 4.79 Å². The first-order chi connectivity index (χ1) is 10.5. The number of benzene rings is 1. The Bertz CT molecular complexity index is 930. The van der Waals surface area contributed by atoms with E-state index in [-0.39, 0.29) is 18.8 Å². The van der Waals surface area contributed by atoms with Crippen LogP contribution in [0, 0.1) is 27.7 Å². The summed E-state index contributed by atoms with van der Waals surface area (Å²) in [6, 6.07) is 1.92. The van der Waals surface area contributed by atoms with Crippen LogP contribution in [0.3, 0.4) is 0 Å². The molecule has 0 radical (unpaired) electrons. The zero-order valence-corrected chi connectivity index (χ0v) is 13.1. The Morgan fingerprint density at radius 3 is 2.36 bits per heavy atom. The van der Waals surface area contributed by atoms with Gasteiger partial charge in [0.05, 0.1) is 12.0 Å². The van der Waals surface area contributed by atoms with E-state index < -0.39 is 0 Å². The lowest BCUT2D eigenvalue weighted by Crippen LogP contribution is -2.06. The third kappa shape index (κ3) is 2.01. The fourth-order valence-electron chi connectivity index (χ4n) is 2.73. The van der Waals surface area contributed by atoms with Crippen molar-refractivity contribution in [1.29, 1.82) is 0 Å². The van der Waals surface area contributed by atoms with Crippen LogP contribution in [0.15, 0.2) is 19.7 Å². The summed E-state index contributed by atoms with van der Waals surface area (Å²) in [5.41, 5.74) is 3.13. The van der Waals surface area contributed by atoms with Crippen molar-refractivity contribution in [3.05, 3.63) is 38.9 Å². The molecule has 0 spiro atoms. The molecule has 0 fully saturated rings. The molecule has 3 aromatic rings. The molecule has 0 aliphatic carbocycles. The SMILES string of the molecule is Cc1oc2c(C)c3oc(=O)c(C)c(C)c3cc2c1OCCO. The molecule has 0 aliphatic rings. The second-order valence-electron chi connectivity index (χ2n) is 5.45. The van der Waals surface area contributed by atoms with Crippen molar-refractivity contribution in [2.45, 2.75) is 27.7 Å². The van der Waals surface area contributed by atoms with Gasteiger partial charge in [-0.2, -0.15) is 0 Å². The van der Waals surface area contributed by atoms with Gasteiger partial charge >= 0.3 is 5.63 Å². The lowest BCUT2D eigenvalue weighted by atomic mass is 10.0. The van der Waals surface area contributed by atoms with Gasteiger partial charge in [0.25, 0.3) is 0 Å². The van der Waals surface area contributed by atoms with Gasteiger partial charge in [-0.05, 0) is 39.3 Å². The smallest absolute Gasteiger partial charge is 0.339 e. The van der Waals surface area contributed by atoms with Crippen LogP contribution in [0.4, 0.5) is 0 Å². The summed E-state index contributed by atoms with van der Waals surface area (Å²) >= 11 is 0. The lowest BCUT2D eigenvalue weighted by molar-refractivity contribution is 0.200. The molecule has 2 heterocycles. The molecule has 5 nitrogen and oxygen atoms in total. The molecule has 0 unspecified atom stereocenters. The summed E-state index contributed by atoms with van der Waals surface area (Å²) in [4.78, 5) is 11.9. The minimum atomic E-state index is -0.326. The Morgan fingerprint density at radius 1 is 1.00 bits per heavy atom. The fraction of sp³-hybridized carbons (Fsp3) is 0.353. The molecule has 0 bridgehead atoms. The second-order valence-corrected chi connectivity index (χ2v) is 5.45. The fourth-order valence-corrected chi connectivity index (χ4v) is 2.73. The van der Waals surface area contributed by atoms with Gasteiger partial charge in [-0.15, -0.1) is 0 Å². The molecule has 1 N–H and O–H groups in total. The van der Waals surface area contributed by atoms with E-state index in [2.05, 4.69) is 0 Å². The number of fused-ring (bicyclic) bond motifs is 2. The van der Waals surface area contributed by atoms with E-state index in [1.54, 1.807) is 6.92 Å². The van der Waals surface area contributed by atoms with Gasteiger partial charge < -0.3 is 18.7 Å². The van der Waals surface area contributed by atoms with Crippen LogP contribution >= 0.6 is 0 Å². The van der Waals surface area contributed by atoms with E-state index in [9.17, 15) is 4.79 Å². The van der Waals surface area contributed by atoms with Crippen LogP contribution in [0.2, 0.25) is 0 Å². The average molecular weight is 302 g/mol. The summed E-state index contributed by atoms with van der Waals surface area (Å²) < 4.78 is 16.8. The summed E-state index contributed by atoms with van der Waals surface area (Å²) in [5, 5.41) is 10.7. The zero-order valence-electron chi connectivity index (χ0n) is 13.1. The Labute approximate surface area is 127 Å². The predicted molar refractivity (Wildman–Crippen MR) is 83.8 cm³/mol. The minimum Gasteiger partial charge on any atom is -0.487 e. The van der Waals surface area contributed by atoms with E-state index in [0.29, 0.717) is 28.2 Å². The largest absolute Gasteiger partial charge is 0.487 e. The monoisotopic (exact) mass is 302 g/mol. The third-order valence-corrected chi connectivity index (χ3v) is 4.08. The van der Waals surface area contributed by atoms with Crippen molar-refractivity contribution in [2.24, 2.45) is 0 Å². The van der Waals surface area contributed by atoms with Crippen LogP contribution in [0.5, 0.6) is 5.75 Å². The van der Waals surface area contributed by atoms with Crippen molar-refractivity contribution in [3.8, 4) is 5.75 Å². The summed E-state index contributed by atoms with van der Waals surface area (Å²) in [5.74, 6) is 1.26. The lowest BCUT2D eigenvalue weighted by Gasteiger charge is -2.08. The molecule has 0 amide bonds. The van der Waals surface area contributed by atoms with Gasteiger partial charge in [0.2, 0.25) is 0 Å². The first-order valence-electron chi connectivity index (χ1n) is 7.16. The van der Waals surface area contributed by atoms with Crippen molar-refractivity contribution >= 4 is 21.9 Å². The number of aliphatic hydroxyl groups excluding tert-OH is 1. The molecular weight excluding hydrogens is 284 g/mol. The van der Waals surface area contributed by atoms with Crippen molar-refractivity contribution in [2.75, 3.05) is 13.2 Å². The topological polar surface area (TPSA) is 72.8 Å². The maximum Gasteiger partial charge on any atom is 0.339 e. The number of hydrogen-bond donors (Lipinski definition) is 1. The van der Waals surface area contributed by atoms with Crippen LogP contribution in [-0.4, -0.2) is 18.3 Å². The molecule has 5 heteroatoms. The Morgan fingerprint density at radius 2 is 1.68 bits per heavy atom. The molecule has 0 aliphatic heterocycles. The normalized spacial score (nSPS) is 11.5. The molecule has 3 rings (SSSR count). The van der Waals surface area contributed by atoms with E-state index in [4.69, 9.17) is 18.7 Å². The van der Waals surface area contributed by atoms with Gasteiger partial charge in [0, 0.05) is 16.5 Å². The van der Waals surface area contributed by atoms with Crippen molar-refractivity contribution < 1.29 is 18.7 Å². The predicted octanol–water partition coefficient (Wildman–Crippen LogP) is 3.14. The molecule has 0 saturated carbocycles.